The number of carbonyl (C=O) groups is 2. The second-order valence-corrected chi connectivity index (χ2v) is 7.14. The quantitative estimate of drug-likeness (QED) is 0.844. The van der Waals surface area contributed by atoms with Crippen LogP contribution in [0.15, 0.2) is 59.9 Å². The lowest BCUT2D eigenvalue weighted by Gasteiger charge is -2.27. The number of rotatable bonds is 4. The third kappa shape index (κ3) is 3.18. The molecule has 2 aromatic rings. The molecule has 3 heterocycles. The van der Waals surface area contributed by atoms with Crippen LogP contribution in [-0.4, -0.2) is 22.5 Å². The summed E-state index contributed by atoms with van der Waals surface area (Å²) in [7, 11) is 0. The number of cyclic esters (lactones) is 1. The molecule has 0 saturated carbocycles. The zero-order valence-corrected chi connectivity index (χ0v) is 15.2. The molecular formula is C21H20N2O4. The van der Waals surface area contributed by atoms with E-state index >= 15 is 0 Å². The predicted octanol–water partition coefficient (Wildman–Crippen LogP) is 2.85. The largest absolute Gasteiger partial charge is 0.487 e. The van der Waals surface area contributed by atoms with Gasteiger partial charge in [-0.2, -0.15) is 0 Å². The minimum absolute atomic E-state index is 0.135. The maximum absolute atomic E-state index is 12.5. The van der Waals surface area contributed by atoms with Crippen LogP contribution in [0.2, 0.25) is 0 Å². The van der Waals surface area contributed by atoms with Gasteiger partial charge in [0.15, 0.2) is 0 Å². The smallest absolute Gasteiger partial charge is 0.337 e. The number of carbonyl (C=O) groups excluding carboxylic acids is 2. The van der Waals surface area contributed by atoms with Gasteiger partial charge in [-0.05, 0) is 32.0 Å². The summed E-state index contributed by atoms with van der Waals surface area (Å²) in [6.07, 6.45) is 1.89. The minimum atomic E-state index is -0.843. The molecule has 0 saturated heterocycles. The van der Waals surface area contributed by atoms with Gasteiger partial charge in [0.25, 0.3) is 0 Å². The molecule has 0 fully saturated rings. The number of amides is 1. The average molecular weight is 364 g/mol. The van der Waals surface area contributed by atoms with Gasteiger partial charge in [0.05, 0.1) is 17.0 Å². The van der Waals surface area contributed by atoms with E-state index in [0.717, 1.165) is 11.3 Å². The summed E-state index contributed by atoms with van der Waals surface area (Å²) in [5, 5.41) is 2.82. The molecule has 1 N–H and O–H groups in total. The van der Waals surface area contributed by atoms with Crippen molar-refractivity contribution in [3.63, 3.8) is 0 Å². The van der Waals surface area contributed by atoms with Gasteiger partial charge in [0.1, 0.15) is 18.0 Å². The van der Waals surface area contributed by atoms with Crippen LogP contribution >= 0.6 is 0 Å². The molecule has 27 heavy (non-hydrogen) atoms. The van der Waals surface area contributed by atoms with Crippen molar-refractivity contribution < 1.29 is 19.1 Å². The van der Waals surface area contributed by atoms with Gasteiger partial charge in [-0.1, -0.05) is 24.3 Å². The molecule has 1 atom stereocenters. The molecule has 1 amide bonds. The number of hydrogen-bond donors (Lipinski definition) is 1. The summed E-state index contributed by atoms with van der Waals surface area (Å²) in [5.74, 6) is -0.292. The molecule has 1 aromatic carbocycles. The number of para-hydroxylation sites is 1. The van der Waals surface area contributed by atoms with E-state index in [4.69, 9.17) is 9.47 Å². The lowest BCUT2D eigenvalue weighted by Crippen LogP contribution is -2.38. The molecule has 2 aliphatic heterocycles. The molecule has 0 radical (unpaired) electrons. The van der Waals surface area contributed by atoms with E-state index in [9.17, 15) is 9.59 Å². The van der Waals surface area contributed by atoms with E-state index in [-0.39, 0.29) is 18.3 Å². The van der Waals surface area contributed by atoms with Crippen molar-refractivity contribution in [2.45, 2.75) is 38.4 Å². The number of ether oxygens (including phenoxy) is 2. The summed E-state index contributed by atoms with van der Waals surface area (Å²) in [4.78, 5) is 29.1. The lowest BCUT2D eigenvalue weighted by atomic mass is 9.82. The molecular weight excluding hydrogens is 344 g/mol. The Morgan fingerprint density at radius 1 is 1.19 bits per heavy atom. The third-order valence-corrected chi connectivity index (χ3v) is 4.84. The Balaban J connectivity index is 1.70. The van der Waals surface area contributed by atoms with Gasteiger partial charge in [-0.25, -0.2) is 4.79 Å². The van der Waals surface area contributed by atoms with E-state index in [1.54, 1.807) is 20.0 Å². The van der Waals surface area contributed by atoms with E-state index in [1.807, 2.05) is 42.5 Å². The first-order valence-electron chi connectivity index (χ1n) is 8.85. The monoisotopic (exact) mass is 364 g/mol. The van der Waals surface area contributed by atoms with Crippen LogP contribution in [0.3, 0.4) is 0 Å². The SMILES string of the molecule is CC1(C)OC(=O)C2=C1NC(=O)C[C@@H]2c1ccccc1OCc1ccccn1. The fraction of sp³-hybridized carbons (Fsp3) is 0.286. The Morgan fingerprint density at radius 2 is 1.96 bits per heavy atom. The summed E-state index contributed by atoms with van der Waals surface area (Å²) >= 11 is 0. The van der Waals surface area contributed by atoms with E-state index < -0.39 is 11.5 Å². The van der Waals surface area contributed by atoms with Crippen LogP contribution in [0, 0.1) is 0 Å². The van der Waals surface area contributed by atoms with Gasteiger partial charge >= 0.3 is 5.97 Å². The zero-order chi connectivity index (χ0) is 19.0. The molecule has 6 heteroatoms. The van der Waals surface area contributed by atoms with Crippen LogP contribution in [-0.2, 0) is 20.9 Å². The normalized spacial score (nSPS) is 20.7. The highest BCUT2D eigenvalue weighted by Crippen LogP contribution is 2.44. The van der Waals surface area contributed by atoms with Crippen LogP contribution in [0.1, 0.15) is 37.4 Å². The zero-order valence-electron chi connectivity index (χ0n) is 15.2. The van der Waals surface area contributed by atoms with Crippen LogP contribution in [0.25, 0.3) is 0 Å². The van der Waals surface area contributed by atoms with Crippen LogP contribution < -0.4 is 10.1 Å². The Kier molecular flexibility index (Phi) is 4.18. The standard InChI is InChI=1S/C21H20N2O4/c1-21(2)19-18(20(25)27-21)15(11-17(24)23-19)14-8-3-4-9-16(14)26-12-13-7-5-6-10-22-13/h3-10,15H,11-12H2,1-2H3,(H,23,24)/t15-/m1/s1. The maximum atomic E-state index is 12.5. The highest BCUT2D eigenvalue weighted by molar-refractivity contribution is 5.99. The van der Waals surface area contributed by atoms with Gasteiger partial charge in [0, 0.05) is 24.1 Å². The maximum Gasteiger partial charge on any atom is 0.337 e. The molecule has 6 nitrogen and oxygen atoms in total. The van der Waals surface area contributed by atoms with Gasteiger partial charge < -0.3 is 14.8 Å². The molecule has 2 aliphatic rings. The third-order valence-electron chi connectivity index (χ3n) is 4.84. The van der Waals surface area contributed by atoms with Crippen molar-refractivity contribution in [3.05, 3.63) is 71.2 Å². The Hall–Kier alpha value is -3.15. The fourth-order valence-corrected chi connectivity index (χ4v) is 3.58. The van der Waals surface area contributed by atoms with Crippen molar-refractivity contribution in [3.8, 4) is 5.75 Å². The number of aromatic nitrogens is 1. The summed E-state index contributed by atoms with van der Waals surface area (Å²) in [6.45, 7) is 3.86. The van der Waals surface area contributed by atoms with Crippen molar-refractivity contribution >= 4 is 11.9 Å². The molecule has 0 spiro atoms. The summed E-state index contributed by atoms with van der Waals surface area (Å²) < 4.78 is 11.5. The van der Waals surface area contributed by atoms with Crippen LogP contribution in [0.4, 0.5) is 0 Å². The molecule has 1 aromatic heterocycles. The second-order valence-electron chi connectivity index (χ2n) is 7.14. The minimum Gasteiger partial charge on any atom is -0.487 e. The molecule has 0 unspecified atom stereocenters. The first kappa shape index (κ1) is 17.3. The Bertz CT molecular complexity index is 934. The highest BCUT2D eigenvalue weighted by atomic mass is 16.6. The highest BCUT2D eigenvalue weighted by Gasteiger charge is 2.48. The van der Waals surface area contributed by atoms with Gasteiger partial charge in [-0.3, -0.25) is 9.78 Å². The van der Waals surface area contributed by atoms with Crippen molar-refractivity contribution in [2.24, 2.45) is 0 Å². The molecule has 0 aliphatic carbocycles. The van der Waals surface area contributed by atoms with Crippen LogP contribution in [0.5, 0.6) is 5.75 Å². The van der Waals surface area contributed by atoms with Gasteiger partial charge in [-0.15, -0.1) is 0 Å². The molecule has 138 valence electrons. The first-order chi connectivity index (χ1) is 13.0. The predicted molar refractivity (Wildman–Crippen MR) is 97.7 cm³/mol. The number of nitrogens with zero attached hydrogens (tertiary/aromatic N) is 1. The van der Waals surface area contributed by atoms with E-state index in [0.29, 0.717) is 23.6 Å². The summed E-state index contributed by atoms with van der Waals surface area (Å²) in [5.41, 5.74) is 1.81. The number of pyridine rings is 1. The number of benzene rings is 1. The fourth-order valence-electron chi connectivity index (χ4n) is 3.58. The lowest BCUT2D eigenvalue weighted by molar-refractivity contribution is -0.144. The average Bonchev–Trinajstić information content (AvgIpc) is 2.89. The van der Waals surface area contributed by atoms with E-state index in [2.05, 4.69) is 10.3 Å². The number of nitrogens with one attached hydrogen (secondary N) is 1. The Morgan fingerprint density at radius 3 is 2.74 bits per heavy atom. The Labute approximate surface area is 157 Å². The van der Waals surface area contributed by atoms with Gasteiger partial charge in [0.2, 0.25) is 5.91 Å². The van der Waals surface area contributed by atoms with Crippen molar-refractivity contribution in [2.75, 3.05) is 0 Å². The van der Waals surface area contributed by atoms with Crippen molar-refractivity contribution in [1.29, 1.82) is 0 Å². The number of hydrogen-bond acceptors (Lipinski definition) is 5. The second kappa shape index (κ2) is 6.54. The molecule has 4 rings (SSSR count). The summed E-state index contributed by atoms with van der Waals surface area (Å²) in [6, 6.07) is 13.1. The van der Waals surface area contributed by atoms with E-state index in [1.165, 1.54) is 0 Å². The number of esters is 1. The first-order valence-corrected chi connectivity index (χ1v) is 8.85. The molecule has 0 bridgehead atoms. The van der Waals surface area contributed by atoms with Crippen molar-refractivity contribution in [1.82, 2.24) is 10.3 Å². The topological polar surface area (TPSA) is 77.5 Å².